The predicted molar refractivity (Wildman–Crippen MR) is 95.7 cm³/mol. The van der Waals surface area contributed by atoms with Crippen LogP contribution < -0.4 is 15.8 Å². The van der Waals surface area contributed by atoms with E-state index in [1.807, 2.05) is 0 Å². The third kappa shape index (κ3) is 9.71. The molecule has 0 spiro atoms. The number of hydrogen-bond acceptors (Lipinski definition) is 6. The van der Waals surface area contributed by atoms with Crippen LogP contribution in [0.15, 0.2) is 28.0 Å². The van der Waals surface area contributed by atoms with Crippen LogP contribution in [-0.2, 0) is 4.74 Å². The third-order valence-electron chi connectivity index (χ3n) is 2.65. The number of anilines is 1. The van der Waals surface area contributed by atoms with Gasteiger partial charge in [-0.1, -0.05) is 0 Å². The van der Waals surface area contributed by atoms with Crippen LogP contribution >= 0.6 is 23.7 Å². The van der Waals surface area contributed by atoms with E-state index < -0.39 is 17.2 Å². The van der Waals surface area contributed by atoms with Gasteiger partial charge in [0.2, 0.25) is 0 Å². The summed E-state index contributed by atoms with van der Waals surface area (Å²) >= 11 is 0.698. The van der Waals surface area contributed by atoms with Gasteiger partial charge in [0.25, 0.3) is 0 Å². The topological polar surface area (TPSA) is 76.4 Å². The molecule has 0 radical (unpaired) electrons. The molecule has 10 heteroatoms. The fourth-order valence-electron chi connectivity index (χ4n) is 1.75. The zero-order chi connectivity index (χ0) is 19.1. The van der Waals surface area contributed by atoms with Crippen LogP contribution in [0.1, 0.15) is 27.2 Å². The molecule has 0 bridgehead atoms. The summed E-state index contributed by atoms with van der Waals surface area (Å²) in [6.07, 6.45) is 0.00749. The maximum Gasteiger partial charge on any atom is 0.446 e. The van der Waals surface area contributed by atoms with Crippen LogP contribution in [0.2, 0.25) is 0 Å². The smallest absolute Gasteiger partial charge is 0.444 e. The minimum Gasteiger partial charge on any atom is -0.444 e. The summed E-state index contributed by atoms with van der Waals surface area (Å²) < 4.78 is 43.1. The number of nitrogens with two attached hydrogens (primary N) is 1. The van der Waals surface area contributed by atoms with E-state index in [-0.39, 0.29) is 16.7 Å². The van der Waals surface area contributed by atoms with Gasteiger partial charge in [0, 0.05) is 28.6 Å². The maximum atomic E-state index is 12.7. The van der Waals surface area contributed by atoms with Crippen molar-refractivity contribution in [2.75, 3.05) is 18.4 Å². The normalized spacial score (nSPS) is 12.0. The van der Waals surface area contributed by atoms with E-state index in [1.54, 1.807) is 32.9 Å². The molecule has 1 aromatic rings. The number of benzene rings is 1. The monoisotopic (exact) mass is 397 g/mol. The SMILES string of the molecule is CC(C)(C)OC(=O)NCCCNc1ccc(SN)cc1SC(F)(F)F. The van der Waals surface area contributed by atoms with Gasteiger partial charge in [-0.2, -0.15) is 13.2 Å². The van der Waals surface area contributed by atoms with Crippen molar-refractivity contribution in [1.29, 1.82) is 0 Å². The van der Waals surface area contributed by atoms with Crippen molar-refractivity contribution in [2.24, 2.45) is 5.14 Å². The average molecular weight is 397 g/mol. The molecule has 5 nitrogen and oxygen atoms in total. The van der Waals surface area contributed by atoms with Gasteiger partial charge in [-0.05, 0) is 69.1 Å². The zero-order valence-electron chi connectivity index (χ0n) is 14.2. The standard InChI is InChI=1S/C15H22F3N3O2S2/c1-14(2,3)23-13(22)21-8-4-7-20-11-6-5-10(25-19)9-12(11)24-15(16,17)18/h5-6,9,20H,4,7-8,19H2,1-3H3,(H,21,22). The van der Waals surface area contributed by atoms with Crippen LogP contribution in [0.3, 0.4) is 0 Å². The van der Waals surface area contributed by atoms with E-state index in [1.165, 1.54) is 6.07 Å². The van der Waals surface area contributed by atoms with Crippen molar-refractivity contribution in [2.45, 2.75) is 48.1 Å². The van der Waals surface area contributed by atoms with E-state index >= 15 is 0 Å². The quantitative estimate of drug-likeness (QED) is 0.355. The third-order valence-corrected chi connectivity index (χ3v) is 3.97. The summed E-state index contributed by atoms with van der Waals surface area (Å²) in [5, 5.41) is 10.9. The van der Waals surface area contributed by atoms with E-state index in [4.69, 9.17) is 9.88 Å². The summed E-state index contributed by atoms with van der Waals surface area (Å²) in [6, 6.07) is 4.60. The Hall–Kier alpha value is -1.26. The van der Waals surface area contributed by atoms with Crippen molar-refractivity contribution >= 4 is 35.5 Å². The van der Waals surface area contributed by atoms with Gasteiger partial charge in [0.05, 0.1) is 0 Å². The number of hydrogen-bond donors (Lipinski definition) is 3. The Morgan fingerprint density at radius 3 is 2.48 bits per heavy atom. The molecule has 0 aliphatic rings. The van der Waals surface area contributed by atoms with Crippen LogP contribution in [0.4, 0.5) is 23.7 Å². The lowest BCUT2D eigenvalue weighted by atomic mass is 10.2. The first kappa shape index (κ1) is 21.8. The Morgan fingerprint density at radius 1 is 1.24 bits per heavy atom. The first-order chi connectivity index (χ1) is 11.5. The molecule has 1 aromatic carbocycles. The number of nitrogens with one attached hydrogen (secondary N) is 2. The van der Waals surface area contributed by atoms with Gasteiger partial charge in [0.1, 0.15) is 5.60 Å². The minimum absolute atomic E-state index is 0.0584. The molecular formula is C15H22F3N3O2S2. The second-order valence-electron chi connectivity index (χ2n) is 6.03. The highest BCUT2D eigenvalue weighted by Crippen LogP contribution is 2.41. The van der Waals surface area contributed by atoms with Gasteiger partial charge < -0.3 is 15.4 Å². The first-order valence-electron chi connectivity index (χ1n) is 7.47. The van der Waals surface area contributed by atoms with Crippen molar-refractivity contribution in [3.8, 4) is 0 Å². The fourth-order valence-corrected chi connectivity index (χ4v) is 2.84. The van der Waals surface area contributed by atoms with E-state index in [9.17, 15) is 18.0 Å². The van der Waals surface area contributed by atoms with Gasteiger partial charge in [-0.15, -0.1) is 0 Å². The molecular weight excluding hydrogens is 375 g/mol. The molecule has 0 heterocycles. The molecule has 0 saturated heterocycles. The van der Waals surface area contributed by atoms with Gasteiger partial charge in [-0.25, -0.2) is 4.79 Å². The lowest BCUT2D eigenvalue weighted by Gasteiger charge is -2.19. The summed E-state index contributed by atoms with van der Waals surface area (Å²) in [6.45, 7) is 6.03. The lowest BCUT2D eigenvalue weighted by Crippen LogP contribution is -2.33. The number of carbonyl (C=O) groups excluding carboxylic acids is 1. The largest absolute Gasteiger partial charge is 0.446 e. The molecule has 0 atom stereocenters. The van der Waals surface area contributed by atoms with Crippen molar-refractivity contribution in [1.82, 2.24) is 5.32 Å². The Bertz CT molecular complexity index is 578. The number of alkyl carbamates (subject to hydrolysis) is 1. The Balaban J connectivity index is 2.50. The molecule has 1 amide bonds. The maximum absolute atomic E-state index is 12.7. The zero-order valence-corrected chi connectivity index (χ0v) is 15.8. The van der Waals surface area contributed by atoms with Crippen molar-refractivity contribution < 1.29 is 22.7 Å². The molecule has 0 aliphatic carbocycles. The van der Waals surface area contributed by atoms with Crippen molar-refractivity contribution in [3.63, 3.8) is 0 Å². The molecule has 1 rings (SSSR count). The van der Waals surface area contributed by atoms with E-state index in [0.29, 0.717) is 30.1 Å². The molecule has 0 aromatic heterocycles. The lowest BCUT2D eigenvalue weighted by molar-refractivity contribution is -0.0328. The number of carbonyl (C=O) groups is 1. The summed E-state index contributed by atoms with van der Waals surface area (Å²) in [4.78, 5) is 12.1. The number of ether oxygens (including phenoxy) is 1. The molecule has 4 N–H and O–H groups in total. The van der Waals surface area contributed by atoms with Crippen molar-refractivity contribution in [3.05, 3.63) is 18.2 Å². The number of rotatable bonds is 7. The molecule has 142 valence electrons. The molecule has 0 unspecified atom stereocenters. The number of thioether (sulfide) groups is 1. The highest BCUT2D eigenvalue weighted by molar-refractivity contribution is 8.00. The molecule has 0 fully saturated rings. The summed E-state index contributed by atoms with van der Waals surface area (Å²) in [7, 11) is 0. The highest BCUT2D eigenvalue weighted by Gasteiger charge is 2.30. The van der Waals surface area contributed by atoms with E-state index in [0.717, 1.165) is 11.9 Å². The van der Waals surface area contributed by atoms with Gasteiger partial charge in [0.15, 0.2) is 0 Å². The molecule has 0 aliphatic heterocycles. The van der Waals surface area contributed by atoms with Crippen LogP contribution in [0.25, 0.3) is 0 Å². The number of halogens is 3. The Kier molecular flexibility index (Phi) is 8.23. The first-order valence-corrected chi connectivity index (χ1v) is 9.17. The van der Waals surface area contributed by atoms with Gasteiger partial charge >= 0.3 is 11.6 Å². The van der Waals surface area contributed by atoms with Gasteiger partial charge in [-0.3, -0.25) is 5.14 Å². The predicted octanol–water partition coefficient (Wildman–Crippen LogP) is 4.59. The number of alkyl halides is 3. The second kappa shape index (κ2) is 9.44. The second-order valence-corrected chi connectivity index (χ2v) is 7.85. The number of amides is 1. The van der Waals surface area contributed by atoms with Crippen LogP contribution in [0, 0.1) is 0 Å². The fraction of sp³-hybridized carbons (Fsp3) is 0.533. The minimum atomic E-state index is -4.38. The Morgan fingerprint density at radius 2 is 1.92 bits per heavy atom. The molecule has 0 saturated carbocycles. The van der Waals surface area contributed by atoms with E-state index in [2.05, 4.69) is 10.6 Å². The summed E-state index contributed by atoms with van der Waals surface area (Å²) in [5.74, 6) is 0. The van der Waals surface area contributed by atoms with Crippen LogP contribution in [0.5, 0.6) is 0 Å². The molecule has 25 heavy (non-hydrogen) atoms. The van der Waals surface area contributed by atoms with Crippen LogP contribution in [-0.4, -0.2) is 30.3 Å². The summed E-state index contributed by atoms with van der Waals surface area (Å²) in [5.41, 5.74) is -4.58. The average Bonchev–Trinajstić information content (AvgIpc) is 2.44. The Labute approximate surface area is 153 Å². The highest BCUT2D eigenvalue weighted by atomic mass is 32.2.